The van der Waals surface area contributed by atoms with Crippen molar-refractivity contribution < 1.29 is 14.6 Å². The van der Waals surface area contributed by atoms with Crippen LogP contribution in [0.2, 0.25) is 0 Å². The summed E-state index contributed by atoms with van der Waals surface area (Å²) in [7, 11) is 1.83. The number of carbonyl (C=O) groups excluding carboxylic acids is 1. The molecule has 2 atom stereocenters. The fourth-order valence-electron chi connectivity index (χ4n) is 3.92. The van der Waals surface area contributed by atoms with Crippen molar-refractivity contribution in [2.24, 2.45) is 12.5 Å². The molecule has 1 aliphatic heterocycles. The van der Waals surface area contributed by atoms with E-state index in [9.17, 15) is 9.90 Å². The van der Waals surface area contributed by atoms with Gasteiger partial charge in [-0.05, 0) is 26.7 Å². The zero-order chi connectivity index (χ0) is 15.9. The van der Waals surface area contributed by atoms with E-state index in [1.54, 1.807) is 10.9 Å². The fourth-order valence-corrected chi connectivity index (χ4v) is 3.92. The van der Waals surface area contributed by atoms with Gasteiger partial charge < -0.3 is 14.7 Å². The standard InChI is InChI=1S/C16H25N3O3/c1-4-22-14-9-13(20)16(14)5-7-19(8-6-16)15(21)12-10-18(3)17-11(12)2/h10,13-14,20H,4-9H2,1-3H3/t13-,14-/m1/s1. The molecular weight excluding hydrogens is 282 g/mol. The highest BCUT2D eigenvalue weighted by atomic mass is 16.5. The smallest absolute Gasteiger partial charge is 0.257 e. The quantitative estimate of drug-likeness (QED) is 0.909. The Morgan fingerprint density at radius 1 is 1.50 bits per heavy atom. The van der Waals surface area contributed by atoms with Gasteiger partial charge in [0.25, 0.3) is 5.91 Å². The number of nitrogens with zero attached hydrogens (tertiary/aromatic N) is 3. The molecule has 2 fully saturated rings. The highest BCUT2D eigenvalue weighted by molar-refractivity contribution is 5.95. The first-order chi connectivity index (χ1) is 10.5. The predicted molar refractivity (Wildman–Crippen MR) is 81.6 cm³/mol. The van der Waals surface area contributed by atoms with Crippen LogP contribution in [0.4, 0.5) is 0 Å². The Hall–Kier alpha value is -1.40. The van der Waals surface area contributed by atoms with Crippen LogP contribution in [0, 0.1) is 12.3 Å². The summed E-state index contributed by atoms with van der Waals surface area (Å²) in [6.45, 7) is 5.87. The summed E-state index contributed by atoms with van der Waals surface area (Å²) in [5.74, 6) is 0.0437. The second kappa shape index (κ2) is 5.66. The third-order valence-corrected chi connectivity index (χ3v) is 5.34. The van der Waals surface area contributed by atoms with Crippen LogP contribution < -0.4 is 0 Å². The highest BCUT2D eigenvalue weighted by Crippen LogP contribution is 2.51. The van der Waals surface area contributed by atoms with Gasteiger partial charge >= 0.3 is 0 Å². The number of piperidine rings is 1. The fraction of sp³-hybridized carbons (Fsp3) is 0.750. The van der Waals surface area contributed by atoms with Crippen molar-refractivity contribution in [2.75, 3.05) is 19.7 Å². The average molecular weight is 307 g/mol. The Balaban J connectivity index is 1.67. The third-order valence-electron chi connectivity index (χ3n) is 5.34. The molecule has 122 valence electrons. The summed E-state index contributed by atoms with van der Waals surface area (Å²) in [6.07, 6.45) is 3.98. The number of carbonyl (C=O) groups is 1. The maximum absolute atomic E-state index is 12.6. The number of aliphatic hydroxyl groups is 1. The molecule has 0 aromatic carbocycles. The van der Waals surface area contributed by atoms with Crippen molar-refractivity contribution in [3.63, 3.8) is 0 Å². The van der Waals surface area contributed by atoms with Crippen LogP contribution in [-0.2, 0) is 11.8 Å². The number of likely N-dealkylation sites (tertiary alicyclic amines) is 1. The molecule has 1 spiro atoms. The molecule has 1 saturated heterocycles. The maximum Gasteiger partial charge on any atom is 0.257 e. The van der Waals surface area contributed by atoms with E-state index in [0.29, 0.717) is 25.3 Å². The summed E-state index contributed by atoms with van der Waals surface area (Å²) in [5.41, 5.74) is 1.30. The van der Waals surface area contributed by atoms with Gasteiger partial charge in [0, 0.05) is 44.8 Å². The summed E-state index contributed by atoms with van der Waals surface area (Å²) in [5, 5.41) is 14.5. The zero-order valence-corrected chi connectivity index (χ0v) is 13.6. The molecule has 1 aromatic heterocycles. The molecule has 0 bridgehead atoms. The normalized spacial score (nSPS) is 27.0. The van der Waals surface area contributed by atoms with Crippen LogP contribution in [0.25, 0.3) is 0 Å². The van der Waals surface area contributed by atoms with E-state index in [1.807, 2.05) is 25.8 Å². The van der Waals surface area contributed by atoms with Gasteiger partial charge in [-0.25, -0.2) is 0 Å². The number of rotatable bonds is 3. The van der Waals surface area contributed by atoms with E-state index in [-0.39, 0.29) is 23.5 Å². The SMILES string of the molecule is CCO[C@@H]1C[C@@H](O)C12CCN(C(=O)c1cn(C)nc1C)CC2. The van der Waals surface area contributed by atoms with Gasteiger partial charge in [0.2, 0.25) is 0 Å². The minimum Gasteiger partial charge on any atom is -0.392 e. The second-order valence-electron chi connectivity index (χ2n) is 6.52. The summed E-state index contributed by atoms with van der Waals surface area (Å²) in [6, 6.07) is 0. The molecule has 1 saturated carbocycles. The lowest BCUT2D eigenvalue weighted by Crippen LogP contribution is -2.62. The topological polar surface area (TPSA) is 67.6 Å². The molecule has 1 amide bonds. The second-order valence-corrected chi connectivity index (χ2v) is 6.52. The number of ether oxygens (including phenoxy) is 1. The van der Waals surface area contributed by atoms with E-state index in [0.717, 1.165) is 25.0 Å². The molecule has 1 aliphatic carbocycles. The van der Waals surface area contributed by atoms with Gasteiger partial charge in [-0.1, -0.05) is 0 Å². The number of hydrogen-bond donors (Lipinski definition) is 1. The molecule has 2 aliphatic rings. The van der Waals surface area contributed by atoms with E-state index >= 15 is 0 Å². The lowest BCUT2D eigenvalue weighted by Gasteiger charge is -2.56. The van der Waals surface area contributed by atoms with Crippen LogP contribution >= 0.6 is 0 Å². The first-order valence-electron chi connectivity index (χ1n) is 8.07. The van der Waals surface area contributed by atoms with E-state index < -0.39 is 0 Å². The maximum atomic E-state index is 12.6. The Kier molecular flexibility index (Phi) is 3.99. The number of aryl methyl sites for hydroxylation is 2. The van der Waals surface area contributed by atoms with Gasteiger partial charge in [0.1, 0.15) is 0 Å². The van der Waals surface area contributed by atoms with Crippen LogP contribution in [0.3, 0.4) is 0 Å². The van der Waals surface area contributed by atoms with Gasteiger partial charge in [-0.2, -0.15) is 5.10 Å². The van der Waals surface area contributed by atoms with Crippen molar-refractivity contribution in [3.05, 3.63) is 17.5 Å². The van der Waals surface area contributed by atoms with Crippen LogP contribution in [0.5, 0.6) is 0 Å². The monoisotopic (exact) mass is 307 g/mol. The van der Waals surface area contributed by atoms with E-state index in [4.69, 9.17) is 4.74 Å². The van der Waals surface area contributed by atoms with Crippen molar-refractivity contribution >= 4 is 5.91 Å². The molecule has 6 nitrogen and oxygen atoms in total. The highest BCUT2D eigenvalue weighted by Gasteiger charge is 2.56. The summed E-state index contributed by atoms with van der Waals surface area (Å²) >= 11 is 0. The number of hydrogen-bond acceptors (Lipinski definition) is 4. The molecule has 0 unspecified atom stereocenters. The van der Waals surface area contributed by atoms with Crippen LogP contribution in [0.1, 0.15) is 42.2 Å². The van der Waals surface area contributed by atoms with Crippen LogP contribution in [-0.4, -0.2) is 57.6 Å². The lowest BCUT2D eigenvalue weighted by molar-refractivity contribution is -0.207. The number of aliphatic hydroxyl groups excluding tert-OH is 1. The van der Waals surface area contributed by atoms with Crippen molar-refractivity contribution in [1.82, 2.24) is 14.7 Å². The van der Waals surface area contributed by atoms with Crippen molar-refractivity contribution in [2.45, 2.75) is 45.3 Å². The Labute approximate surface area is 131 Å². The first kappa shape index (κ1) is 15.5. The van der Waals surface area contributed by atoms with Gasteiger partial charge in [0.05, 0.1) is 23.5 Å². The average Bonchev–Trinajstić information content (AvgIpc) is 2.85. The van der Waals surface area contributed by atoms with Gasteiger partial charge in [-0.3, -0.25) is 9.48 Å². The van der Waals surface area contributed by atoms with E-state index in [2.05, 4.69) is 5.10 Å². The van der Waals surface area contributed by atoms with Gasteiger partial charge in [-0.15, -0.1) is 0 Å². The lowest BCUT2D eigenvalue weighted by atomic mass is 9.58. The predicted octanol–water partition coefficient (Wildman–Crippen LogP) is 1.12. The minimum absolute atomic E-state index is 0.0437. The summed E-state index contributed by atoms with van der Waals surface area (Å²) < 4.78 is 7.44. The minimum atomic E-state index is -0.290. The van der Waals surface area contributed by atoms with Gasteiger partial charge in [0.15, 0.2) is 0 Å². The molecule has 2 heterocycles. The summed E-state index contributed by atoms with van der Waals surface area (Å²) in [4.78, 5) is 14.5. The molecule has 3 rings (SSSR count). The zero-order valence-electron chi connectivity index (χ0n) is 13.6. The molecule has 0 radical (unpaired) electrons. The molecule has 6 heteroatoms. The molecule has 1 N–H and O–H groups in total. The van der Waals surface area contributed by atoms with E-state index in [1.165, 1.54) is 0 Å². The Bertz CT molecular complexity index is 559. The van der Waals surface area contributed by atoms with Crippen molar-refractivity contribution in [1.29, 1.82) is 0 Å². The van der Waals surface area contributed by atoms with Crippen LogP contribution in [0.15, 0.2) is 6.20 Å². The number of aromatic nitrogens is 2. The molecule has 22 heavy (non-hydrogen) atoms. The Morgan fingerprint density at radius 3 is 2.68 bits per heavy atom. The largest absolute Gasteiger partial charge is 0.392 e. The Morgan fingerprint density at radius 2 is 2.18 bits per heavy atom. The first-order valence-corrected chi connectivity index (χ1v) is 8.07. The third kappa shape index (κ3) is 2.34. The molecule has 1 aromatic rings. The molecular formula is C16H25N3O3. The number of amides is 1. The van der Waals surface area contributed by atoms with Crippen molar-refractivity contribution in [3.8, 4) is 0 Å².